The fourth-order valence-electron chi connectivity index (χ4n) is 2.74. The van der Waals surface area contributed by atoms with E-state index >= 15 is 4.39 Å². The van der Waals surface area contributed by atoms with Crippen LogP contribution in [0.15, 0.2) is 53.4 Å². The van der Waals surface area contributed by atoms with E-state index in [-0.39, 0.29) is 15.8 Å². The van der Waals surface area contributed by atoms with Crippen molar-refractivity contribution in [2.24, 2.45) is 0 Å². The number of halogens is 1. The van der Waals surface area contributed by atoms with Gasteiger partial charge in [0, 0.05) is 5.39 Å². The zero-order valence-electron chi connectivity index (χ0n) is 15.5. The standard InChI is InChI=1S/C20H20FNO4S/c1-13-9-11-14(12-10-13)27(24,25)22-16-8-6-5-7-15(16)17(21)18(22)19(23)26-20(2,3)4/h5-12H,1-4H3. The van der Waals surface area contributed by atoms with Crippen molar-refractivity contribution in [1.82, 2.24) is 3.97 Å². The number of carbonyl (C=O) groups is 1. The van der Waals surface area contributed by atoms with Gasteiger partial charge in [-0.2, -0.15) is 0 Å². The van der Waals surface area contributed by atoms with Crippen LogP contribution in [0.2, 0.25) is 0 Å². The Morgan fingerprint density at radius 3 is 2.22 bits per heavy atom. The van der Waals surface area contributed by atoms with Crippen molar-refractivity contribution in [3.05, 3.63) is 65.6 Å². The van der Waals surface area contributed by atoms with Crippen LogP contribution in [0.25, 0.3) is 10.9 Å². The molecule has 0 radical (unpaired) electrons. The third-order valence-electron chi connectivity index (χ3n) is 3.92. The van der Waals surface area contributed by atoms with E-state index in [1.54, 1.807) is 45.0 Å². The Bertz CT molecular complexity index is 1120. The maximum absolute atomic E-state index is 15.0. The molecule has 1 heterocycles. The summed E-state index contributed by atoms with van der Waals surface area (Å²) < 4.78 is 47.5. The summed E-state index contributed by atoms with van der Waals surface area (Å²) in [4.78, 5) is 12.6. The van der Waals surface area contributed by atoms with E-state index in [1.807, 2.05) is 6.92 Å². The van der Waals surface area contributed by atoms with Gasteiger partial charge < -0.3 is 4.74 Å². The van der Waals surface area contributed by atoms with Crippen LogP contribution in [0.1, 0.15) is 36.8 Å². The predicted octanol–water partition coefficient (Wildman–Crippen LogP) is 4.28. The highest BCUT2D eigenvalue weighted by molar-refractivity contribution is 7.90. The first-order valence-electron chi connectivity index (χ1n) is 8.37. The van der Waals surface area contributed by atoms with Gasteiger partial charge >= 0.3 is 5.97 Å². The van der Waals surface area contributed by atoms with E-state index in [0.717, 1.165) is 9.54 Å². The molecule has 0 aliphatic carbocycles. The third kappa shape index (κ3) is 3.47. The number of benzene rings is 2. The minimum atomic E-state index is -4.22. The molecule has 0 saturated carbocycles. The molecule has 0 aliphatic heterocycles. The highest BCUT2D eigenvalue weighted by Gasteiger charge is 2.33. The number of rotatable bonds is 3. The van der Waals surface area contributed by atoms with E-state index in [4.69, 9.17) is 4.74 Å². The normalized spacial score (nSPS) is 12.3. The summed E-state index contributed by atoms with van der Waals surface area (Å²) >= 11 is 0. The average Bonchev–Trinajstić information content (AvgIpc) is 2.88. The van der Waals surface area contributed by atoms with Crippen LogP contribution in [0.4, 0.5) is 4.39 Å². The summed E-state index contributed by atoms with van der Waals surface area (Å²) in [5.41, 5.74) is -0.577. The van der Waals surface area contributed by atoms with Crippen LogP contribution < -0.4 is 0 Å². The summed E-state index contributed by atoms with van der Waals surface area (Å²) in [6, 6.07) is 12.2. The number of para-hydroxylation sites is 1. The molecule has 0 amide bonds. The second-order valence-electron chi connectivity index (χ2n) is 7.26. The first-order valence-corrected chi connectivity index (χ1v) is 9.81. The van der Waals surface area contributed by atoms with Crippen LogP contribution in [-0.2, 0) is 14.8 Å². The van der Waals surface area contributed by atoms with Crippen LogP contribution in [0, 0.1) is 12.7 Å². The Labute approximate surface area is 157 Å². The van der Waals surface area contributed by atoms with E-state index in [0.29, 0.717) is 0 Å². The van der Waals surface area contributed by atoms with E-state index in [9.17, 15) is 13.2 Å². The Morgan fingerprint density at radius 1 is 1.04 bits per heavy atom. The van der Waals surface area contributed by atoms with Gasteiger partial charge in [0.1, 0.15) is 5.60 Å². The maximum atomic E-state index is 15.0. The third-order valence-corrected chi connectivity index (χ3v) is 5.65. The molecular formula is C20H20FNO4S. The quantitative estimate of drug-likeness (QED) is 0.627. The molecule has 0 aliphatic rings. The Kier molecular flexibility index (Phi) is 4.59. The van der Waals surface area contributed by atoms with Crippen LogP contribution in [0.3, 0.4) is 0 Å². The Hall–Kier alpha value is -2.67. The molecule has 0 atom stereocenters. The molecule has 3 aromatic rings. The zero-order valence-corrected chi connectivity index (χ0v) is 16.3. The van der Waals surface area contributed by atoms with Gasteiger partial charge in [-0.05, 0) is 52.0 Å². The minimum absolute atomic E-state index is 0.0362. The molecule has 27 heavy (non-hydrogen) atoms. The van der Waals surface area contributed by atoms with Gasteiger partial charge in [-0.15, -0.1) is 0 Å². The smallest absolute Gasteiger partial charge is 0.359 e. The van der Waals surface area contributed by atoms with E-state index in [2.05, 4.69) is 0 Å². The molecule has 0 fully saturated rings. The highest BCUT2D eigenvalue weighted by Crippen LogP contribution is 2.30. The summed E-state index contributed by atoms with van der Waals surface area (Å²) in [5.74, 6) is -1.96. The van der Waals surface area contributed by atoms with Crippen molar-refractivity contribution in [3.63, 3.8) is 0 Å². The summed E-state index contributed by atoms with van der Waals surface area (Å²) in [6.07, 6.45) is 0. The van der Waals surface area contributed by atoms with Crippen molar-refractivity contribution in [2.45, 2.75) is 38.2 Å². The molecule has 2 aromatic carbocycles. The summed E-state index contributed by atoms with van der Waals surface area (Å²) in [5, 5.41) is 0.0362. The molecular weight excluding hydrogens is 369 g/mol. The summed E-state index contributed by atoms with van der Waals surface area (Å²) in [6.45, 7) is 6.71. The van der Waals surface area contributed by atoms with Crippen LogP contribution in [0.5, 0.6) is 0 Å². The van der Waals surface area contributed by atoms with Crippen molar-refractivity contribution in [1.29, 1.82) is 0 Å². The number of aromatic nitrogens is 1. The second-order valence-corrected chi connectivity index (χ2v) is 9.05. The van der Waals surface area contributed by atoms with Crippen molar-refractivity contribution < 1.29 is 22.3 Å². The van der Waals surface area contributed by atoms with Crippen molar-refractivity contribution >= 4 is 26.9 Å². The molecule has 142 valence electrons. The van der Waals surface area contributed by atoms with Crippen molar-refractivity contribution in [3.8, 4) is 0 Å². The topological polar surface area (TPSA) is 65.4 Å². The van der Waals surface area contributed by atoms with Gasteiger partial charge in [0.2, 0.25) is 0 Å². The molecule has 7 heteroatoms. The first kappa shape index (κ1) is 19.1. The maximum Gasteiger partial charge on any atom is 0.359 e. The highest BCUT2D eigenvalue weighted by atomic mass is 32.2. The SMILES string of the molecule is Cc1ccc(S(=O)(=O)n2c(C(=O)OC(C)(C)C)c(F)c3ccccc32)cc1. The fraction of sp³-hybridized carbons (Fsp3) is 0.250. The number of nitrogens with zero attached hydrogens (tertiary/aromatic N) is 1. The molecule has 0 N–H and O–H groups in total. The number of hydrogen-bond donors (Lipinski definition) is 0. The lowest BCUT2D eigenvalue weighted by molar-refractivity contribution is 0.00571. The average molecular weight is 389 g/mol. The van der Waals surface area contributed by atoms with Crippen molar-refractivity contribution in [2.75, 3.05) is 0 Å². The number of aryl methyl sites for hydroxylation is 1. The van der Waals surface area contributed by atoms with Crippen LogP contribution in [-0.4, -0.2) is 24.0 Å². The zero-order chi connectivity index (χ0) is 20.0. The van der Waals surface area contributed by atoms with Gasteiger partial charge in [0.25, 0.3) is 10.0 Å². The molecule has 0 saturated heterocycles. The minimum Gasteiger partial charge on any atom is -0.455 e. The Balaban J connectivity index is 2.32. The molecule has 3 rings (SSSR count). The van der Waals surface area contributed by atoms with Gasteiger partial charge in [0.15, 0.2) is 11.5 Å². The number of hydrogen-bond acceptors (Lipinski definition) is 4. The monoisotopic (exact) mass is 389 g/mol. The van der Waals surface area contributed by atoms with E-state index in [1.165, 1.54) is 24.3 Å². The predicted molar refractivity (Wildman–Crippen MR) is 101 cm³/mol. The van der Waals surface area contributed by atoms with Gasteiger partial charge in [0.05, 0.1) is 10.4 Å². The number of carbonyl (C=O) groups excluding carboxylic acids is 1. The number of esters is 1. The lowest BCUT2D eigenvalue weighted by atomic mass is 10.2. The van der Waals surface area contributed by atoms with Gasteiger partial charge in [-0.1, -0.05) is 29.8 Å². The number of ether oxygens (including phenoxy) is 1. The Morgan fingerprint density at radius 2 is 1.63 bits per heavy atom. The lowest BCUT2D eigenvalue weighted by Gasteiger charge is -2.20. The second kappa shape index (κ2) is 6.49. The molecule has 0 bridgehead atoms. The first-order chi connectivity index (χ1) is 12.5. The lowest BCUT2D eigenvalue weighted by Crippen LogP contribution is -2.28. The molecule has 0 spiro atoms. The summed E-state index contributed by atoms with van der Waals surface area (Å²) in [7, 11) is -4.22. The molecule has 5 nitrogen and oxygen atoms in total. The van der Waals surface area contributed by atoms with Crippen LogP contribution >= 0.6 is 0 Å². The van der Waals surface area contributed by atoms with E-state index < -0.39 is 33.1 Å². The fourth-order valence-corrected chi connectivity index (χ4v) is 4.24. The molecule has 0 unspecified atom stereocenters. The largest absolute Gasteiger partial charge is 0.455 e. The number of fused-ring (bicyclic) bond motifs is 1. The van der Waals surface area contributed by atoms with Gasteiger partial charge in [-0.25, -0.2) is 21.6 Å². The van der Waals surface area contributed by atoms with Gasteiger partial charge in [-0.3, -0.25) is 0 Å². The molecule has 1 aromatic heterocycles.